The zero-order valence-corrected chi connectivity index (χ0v) is 12.3. The van der Waals surface area contributed by atoms with E-state index in [-0.39, 0.29) is 10.8 Å². The normalized spacial score (nSPS) is 19.1. The Kier molecular flexibility index (Phi) is 5.14. The third-order valence-corrected chi connectivity index (χ3v) is 4.45. The van der Waals surface area contributed by atoms with Crippen LogP contribution >= 0.6 is 11.3 Å². The van der Waals surface area contributed by atoms with Crippen LogP contribution in [0.15, 0.2) is 12.1 Å². The summed E-state index contributed by atoms with van der Waals surface area (Å²) in [6.45, 7) is 4.77. The number of aromatic carboxylic acids is 1. The molecule has 0 bridgehead atoms. The lowest BCUT2D eigenvalue weighted by Gasteiger charge is -2.32. The lowest BCUT2D eigenvalue weighted by molar-refractivity contribution is 0.0504. The molecule has 1 N–H and O–H groups in total. The number of carboxylic acid groups (broad SMARTS) is 1. The van der Waals surface area contributed by atoms with Crippen molar-refractivity contribution in [1.29, 1.82) is 0 Å². The Morgan fingerprint density at radius 1 is 1.45 bits per heavy atom. The molecule has 0 aromatic carbocycles. The number of carbonyl (C=O) groups is 2. The van der Waals surface area contributed by atoms with Crippen LogP contribution in [0.1, 0.15) is 39.1 Å². The molecule has 1 saturated heterocycles. The smallest absolute Gasteiger partial charge is 0.345 e. The van der Waals surface area contributed by atoms with Crippen LogP contribution in [0.5, 0.6) is 0 Å². The second-order valence-corrected chi connectivity index (χ2v) is 5.97. The summed E-state index contributed by atoms with van der Waals surface area (Å²) in [6, 6.07) is 3.09. The first-order valence-corrected chi connectivity index (χ1v) is 7.63. The highest BCUT2D eigenvalue weighted by atomic mass is 32.1. The maximum Gasteiger partial charge on any atom is 0.345 e. The molecule has 2 rings (SSSR count). The van der Waals surface area contributed by atoms with Gasteiger partial charge in [0.2, 0.25) is 0 Å². The van der Waals surface area contributed by atoms with E-state index in [1.807, 2.05) is 11.8 Å². The highest BCUT2D eigenvalue weighted by Crippen LogP contribution is 2.23. The first-order chi connectivity index (χ1) is 9.61. The van der Waals surface area contributed by atoms with Crippen LogP contribution in [0, 0.1) is 5.92 Å². The van der Waals surface area contributed by atoms with E-state index in [9.17, 15) is 9.59 Å². The van der Waals surface area contributed by atoms with E-state index in [0.717, 1.165) is 30.7 Å². The number of likely N-dealkylation sites (tertiary alicyclic amines) is 1. The Labute approximate surface area is 122 Å². The zero-order chi connectivity index (χ0) is 14.5. The van der Waals surface area contributed by atoms with Crippen molar-refractivity contribution in [2.24, 2.45) is 5.92 Å². The summed E-state index contributed by atoms with van der Waals surface area (Å²) in [5.41, 5.74) is 0. The highest BCUT2D eigenvalue weighted by molar-refractivity contribution is 7.15. The van der Waals surface area contributed by atoms with Gasteiger partial charge in [-0.25, -0.2) is 4.79 Å². The fourth-order valence-corrected chi connectivity index (χ4v) is 3.21. The average Bonchev–Trinajstić information content (AvgIpc) is 2.94. The first kappa shape index (κ1) is 15.0. The van der Waals surface area contributed by atoms with Crippen LogP contribution < -0.4 is 0 Å². The summed E-state index contributed by atoms with van der Waals surface area (Å²) < 4.78 is 5.43. The van der Waals surface area contributed by atoms with Gasteiger partial charge in [0, 0.05) is 19.7 Å². The second-order valence-electron chi connectivity index (χ2n) is 4.89. The molecule has 1 aromatic heterocycles. The Hall–Kier alpha value is -1.40. The van der Waals surface area contributed by atoms with E-state index in [1.165, 1.54) is 6.07 Å². The van der Waals surface area contributed by atoms with Crippen molar-refractivity contribution in [3.8, 4) is 0 Å². The molecule has 5 nitrogen and oxygen atoms in total. The number of nitrogens with zero attached hydrogens (tertiary/aromatic N) is 1. The van der Waals surface area contributed by atoms with Crippen molar-refractivity contribution in [2.45, 2.75) is 19.8 Å². The number of hydrogen-bond donors (Lipinski definition) is 1. The van der Waals surface area contributed by atoms with Gasteiger partial charge < -0.3 is 14.7 Å². The number of hydrogen-bond acceptors (Lipinski definition) is 4. The summed E-state index contributed by atoms with van der Waals surface area (Å²) in [6.07, 6.45) is 2.05. The van der Waals surface area contributed by atoms with Gasteiger partial charge in [-0.05, 0) is 37.8 Å². The molecule has 20 heavy (non-hydrogen) atoms. The SMILES string of the molecule is CCOCC1CCCN(C(=O)c2ccc(C(=O)O)s2)C1. The van der Waals surface area contributed by atoms with Gasteiger partial charge in [0.1, 0.15) is 4.88 Å². The van der Waals surface area contributed by atoms with Gasteiger partial charge in [0.05, 0.1) is 11.5 Å². The van der Waals surface area contributed by atoms with Gasteiger partial charge in [0.15, 0.2) is 0 Å². The van der Waals surface area contributed by atoms with Gasteiger partial charge in [0.25, 0.3) is 5.91 Å². The Morgan fingerprint density at radius 2 is 2.20 bits per heavy atom. The molecule has 110 valence electrons. The second kappa shape index (κ2) is 6.85. The molecule has 0 spiro atoms. The Morgan fingerprint density at radius 3 is 2.85 bits per heavy atom. The minimum absolute atomic E-state index is 0.0660. The molecule has 1 fully saturated rings. The molecule has 1 aliphatic heterocycles. The van der Waals surface area contributed by atoms with Crippen LogP contribution in [0.4, 0.5) is 0 Å². The summed E-state index contributed by atoms with van der Waals surface area (Å²) in [5, 5.41) is 8.90. The molecule has 1 atom stereocenters. The number of carboxylic acids is 1. The van der Waals surface area contributed by atoms with Crippen molar-refractivity contribution < 1.29 is 19.4 Å². The van der Waals surface area contributed by atoms with Gasteiger partial charge >= 0.3 is 5.97 Å². The van der Waals surface area contributed by atoms with Crippen molar-refractivity contribution in [2.75, 3.05) is 26.3 Å². The Balaban J connectivity index is 1.98. The summed E-state index contributed by atoms with van der Waals surface area (Å²) in [5.74, 6) is -0.669. The largest absolute Gasteiger partial charge is 0.477 e. The molecule has 1 unspecified atom stereocenters. The lowest BCUT2D eigenvalue weighted by Crippen LogP contribution is -2.41. The minimum atomic E-state index is -0.984. The molecular weight excluding hydrogens is 278 g/mol. The standard InChI is InChI=1S/C14H19NO4S/c1-2-19-9-10-4-3-7-15(8-10)13(16)11-5-6-12(20-11)14(17)18/h5-6,10H,2-4,7-9H2,1H3,(H,17,18). The molecule has 0 radical (unpaired) electrons. The number of amides is 1. The Bertz CT molecular complexity index is 485. The van der Waals surface area contributed by atoms with Crippen LogP contribution in [0.3, 0.4) is 0 Å². The minimum Gasteiger partial charge on any atom is -0.477 e. The van der Waals surface area contributed by atoms with Crippen molar-refractivity contribution >= 4 is 23.2 Å². The number of carbonyl (C=O) groups excluding carboxylic acids is 1. The van der Waals surface area contributed by atoms with E-state index in [1.54, 1.807) is 6.07 Å². The fraction of sp³-hybridized carbons (Fsp3) is 0.571. The molecule has 0 saturated carbocycles. The zero-order valence-electron chi connectivity index (χ0n) is 11.5. The van der Waals surface area contributed by atoms with Crippen molar-refractivity contribution in [1.82, 2.24) is 4.90 Å². The van der Waals surface area contributed by atoms with Crippen molar-refractivity contribution in [3.63, 3.8) is 0 Å². The molecule has 2 heterocycles. The maximum atomic E-state index is 12.4. The molecule has 1 amide bonds. The van der Waals surface area contributed by atoms with Crippen LogP contribution in [0.2, 0.25) is 0 Å². The van der Waals surface area contributed by atoms with E-state index >= 15 is 0 Å². The van der Waals surface area contributed by atoms with E-state index in [4.69, 9.17) is 9.84 Å². The molecule has 1 aromatic rings. The van der Waals surface area contributed by atoms with Gasteiger partial charge in [-0.2, -0.15) is 0 Å². The molecular formula is C14H19NO4S. The van der Waals surface area contributed by atoms with E-state index in [0.29, 0.717) is 30.6 Å². The van der Waals surface area contributed by atoms with Crippen LogP contribution in [0.25, 0.3) is 0 Å². The van der Waals surface area contributed by atoms with Crippen molar-refractivity contribution in [3.05, 3.63) is 21.9 Å². The van der Waals surface area contributed by atoms with E-state index < -0.39 is 5.97 Å². The van der Waals surface area contributed by atoms with Crippen LogP contribution in [-0.4, -0.2) is 48.2 Å². The first-order valence-electron chi connectivity index (χ1n) is 6.82. The highest BCUT2D eigenvalue weighted by Gasteiger charge is 2.25. The summed E-state index contributed by atoms with van der Waals surface area (Å²) in [4.78, 5) is 25.7. The maximum absolute atomic E-state index is 12.4. The fourth-order valence-electron chi connectivity index (χ4n) is 2.39. The summed E-state index contributed by atoms with van der Waals surface area (Å²) in [7, 11) is 0. The predicted molar refractivity (Wildman–Crippen MR) is 76.4 cm³/mol. The average molecular weight is 297 g/mol. The van der Waals surface area contributed by atoms with Gasteiger partial charge in [-0.1, -0.05) is 0 Å². The number of ether oxygens (including phenoxy) is 1. The number of thiophene rings is 1. The van der Waals surface area contributed by atoms with E-state index in [2.05, 4.69) is 0 Å². The third-order valence-electron chi connectivity index (χ3n) is 3.39. The quantitative estimate of drug-likeness (QED) is 0.906. The third kappa shape index (κ3) is 3.58. The molecule has 1 aliphatic rings. The number of rotatable bonds is 5. The number of piperidine rings is 1. The topological polar surface area (TPSA) is 66.8 Å². The van der Waals surface area contributed by atoms with Gasteiger partial charge in [-0.3, -0.25) is 4.79 Å². The molecule has 0 aliphatic carbocycles. The monoisotopic (exact) mass is 297 g/mol. The van der Waals surface area contributed by atoms with Crippen LogP contribution in [-0.2, 0) is 4.74 Å². The molecule has 6 heteroatoms. The lowest BCUT2D eigenvalue weighted by atomic mass is 9.99. The van der Waals surface area contributed by atoms with Gasteiger partial charge in [-0.15, -0.1) is 11.3 Å². The predicted octanol–water partition coefficient (Wildman–Crippen LogP) is 2.33. The summed E-state index contributed by atoms with van der Waals surface area (Å²) >= 11 is 1.04.